The number of benzene rings is 1. The maximum absolute atomic E-state index is 9.21. The molecule has 1 N–H and O–H groups in total. The molecule has 118 valence electrons. The number of nitrogens with zero attached hydrogens (tertiary/aromatic N) is 2. The topological polar surface area (TPSA) is 48.3 Å². The van der Waals surface area contributed by atoms with E-state index in [9.17, 15) is 5.26 Å². The number of likely N-dealkylation sites (tertiary alicyclic amines) is 1. The predicted octanol–water partition coefficient (Wildman–Crippen LogP) is 3.12. The Morgan fingerprint density at radius 2 is 2.14 bits per heavy atom. The Morgan fingerprint density at radius 1 is 1.32 bits per heavy atom. The van der Waals surface area contributed by atoms with Crippen molar-refractivity contribution in [3.8, 4) is 6.07 Å². The first kappa shape index (κ1) is 15.6. The third-order valence-corrected chi connectivity index (χ3v) is 4.82. The van der Waals surface area contributed by atoms with Gasteiger partial charge in [0, 0.05) is 37.3 Å². The van der Waals surface area contributed by atoms with Crippen molar-refractivity contribution in [2.75, 3.05) is 38.2 Å². The highest BCUT2D eigenvalue weighted by Gasteiger charge is 2.24. The van der Waals surface area contributed by atoms with E-state index in [4.69, 9.17) is 16.3 Å². The first-order chi connectivity index (χ1) is 10.7. The van der Waals surface area contributed by atoms with E-state index in [1.54, 1.807) is 6.07 Å². The molecule has 2 heterocycles. The number of hydrogen-bond acceptors (Lipinski definition) is 4. The van der Waals surface area contributed by atoms with Gasteiger partial charge in [-0.1, -0.05) is 11.6 Å². The molecule has 0 saturated carbocycles. The molecule has 0 aromatic heterocycles. The third-order valence-electron chi connectivity index (χ3n) is 4.59. The summed E-state index contributed by atoms with van der Waals surface area (Å²) in [4.78, 5) is 2.55. The lowest BCUT2D eigenvalue weighted by Crippen LogP contribution is -2.41. The van der Waals surface area contributed by atoms with Crippen molar-refractivity contribution in [3.05, 3.63) is 28.8 Å². The van der Waals surface area contributed by atoms with Crippen molar-refractivity contribution < 1.29 is 4.74 Å². The molecular weight excluding hydrogens is 298 g/mol. The molecular formula is C17H22ClN3O. The molecule has 1 unspecified atom stereocenters. The summed E-state index contributed by atoms with van der Waals surface area (Å²) in [5, 5.41) is 13.3. The smallest absolute Gasteiger partial charge is 0.101 e. The van der Waals surface area contributed by atoms with Crippen LogP contribution in [0.1, 0.15) is 24.8 Å². The summed E-state index contributed by atoms with van der Waals surface area (Å²) < 4.78 is 5.45. The van der Waals surface area contributed by atoms with E-state index in [0.29, 0.717) is 22.5 Å². The summed E-state index contributed by atoms with van der Waals surface area (Å²) in [5.74, 6) is 0.714. The van der Waals surface area contributed by atoms with Crippen LogP contribution < -0.4 is 5.32 Å². The Morgan fingerprint density at radius 3 is 2.82 bits per heavy atom. The van der Waals surface area contributed by atoms with Crippen LogP contribution in [0.5, 0.6) is 0 Å². The van der Waals surface area contributed by atoms with Crippen LogP contribution in [0.25, 0.3) is 0 Å². The highest BCUT2D eigenvalue weighted by atomic mass is 35.5. The molecule has 0 aliphatic carbocycles. The second-order valence-corrected chi connectivity index (χ2v) is 6.69. The number of nitriles is 1. The van der Waals surface area contributed by atoms with Gasteiger partial charge in [-0.15, -0.1) is 0 Å². The fraction of sp³-hybridized carbons (Fsp3) is 0.588. The minimum absolute atomic E-state index is 0.435. The van der Waals surface area contributed by atoms with E-state index >= 15 is 0 Å². The van der Waals surface area contributed by atoms with Gasteiger partial charge in [0.25, 0.3) is 0 Å². The number of rotatable bonds is 4. The van der Waals surface area contributed by atoms with E-state index in [1.165, 1.54) is 6.42 Å². The number of hydrogen-bond donors (Lipinski definition) is 1. The molecule has 2 aliphatic rings. The fourth-order valence-electron chi connectivity index (χ4n) is 3.31. The van der Waals surface area contributed by atoms with Crippen molar-refractivity contribution in [2.24, 2.45) is 5.92 Å². The monoisotopic (exact) mass is 319 g/mol. The normalized spacial score (nSPS) is 23.4. The molecule has 0 spiro atoms. The van der Waals surface area contributed by atoms with Crippen LogP contribution in [0.4, 0.5) is 5.69 Å². The maximum atomic E-state index is 9.21. The average Bonchev–Trinajstić information content (AvgIpc) is 3.04. The Hall–Kier alpha value is -1.28. The second-order valence-electron chi connectivity index (χ2n) is 6.25. The molecule has 4 nitrogen and oxygen atoms in total. The zero-order valence-electron chi connectivity index (χ0n) is 12.7. The summed E-state index contributed by atoms with van der Waals surface area (Å²) in [6, 6.07) is 8.11. The third kappa shape index (κ3) is 3.92. The van der Waals surface area contributed by atoms with E-state index in [1.807, 2.05) is 12.1 Å². The molecule has 1 aromatic carbocycles. The van der Waals surface area contributed by atoms with Crippen LogP contribution in [-0.4, -0.2) is 43.8 Å². The lowest BCUT2D eigenvalue weighted by Gasteiger charge is -2.34. The number of piperidine rings is 1. The van der Waals surface area contributed by atoms with Gasteiger partial charge in [-0.3, -0.25) is 0 Å². The average molecular weight is 320 g/mol. The summed E-state index contributed by atoms with van der Waals surface area (Å²) in [5.41, 5.74) is 1.52. The molecule has 0 bridgehead atoms. The largest absolute Gasteiger partial charge is 0.381 e. The summed E-state index contributed by atoms with van der Waals surface area (Å²) in [7, 11) is 0. The lowest BCUT2D eigenvalue weighted by atomic mass is 10.0. The standard InChI is InChI=1S/C17H22ClN3O/c18-15-1-2-17(14(9-15)10-19)20-16-3-6-21(7-4-16)11-13-5-8-22-12-13/h1-2,9,13,16,20H,3-8,11-12H2. The zero-order chi connectivity index (χ0) is 15.4. The van der Waals surface area contributed by atoms with Crippen LogP contribution in [0, 0.1) is 17.2 Å². The zero-order valence-corrected chi connectivity index (χ0v) is 13.5. The van der Waals surface area contributed by atoms with Crippen LogP contribution in [0.2, 0.25) is 5.02 Å². The summed E-state index contributed by atoms with van der Waals surface area (Å²) >= 11 is 5.94. The van der Waals surface area contributed by atoms with Crippen molar-refractivity contribution >= 4 is 17.3 Å². The van der Waals surface area contributed by atoms with Gasteiger partial charge in [-0.05, 0) is 43.4 Å². The maximum Gasteiger partial charge on any atom is 0.101 e. The van der Waals surface area contributed by atoms with Gasteiger partial charge in [0.1, 0.15) is 6.07 Å². The van der Waals surface area contributed by atoms with Gasteiger partial charge < -0.3 is 15.0 Å². The number of anilines is 1. The Balaban J connectivity index is 1.50. The highest BCUT2D eigenvalue weighted by molar-refractivity contribution is 6.30. The minimum atomic E-state index is 0.435. The molecule has 2 aliphatic heterocycles. The number of ether oxygens (including phenoxy) is 1. The summed E-state index contributed by atoms with van der Waals surface area (Å²) in [6.07, 6.45) is 3.43. The lowest BCUT2D eigenvalue weighted by molar-refractivity contribution is 0.154. The van der Waals surface area contributed by atoms with Gasteiger partial charge >= 0.3 is 0 Å². The quantitative estimate of drug-likeness (QED) is 0.926. The van der Waals surface area contributed by atoms with Gasteiger partial charge in [0.2, 0.25) is 0 Å². The molecule has 22 heavy (non-hydrogen) atoms. The first-order valence-corrected chi connectivity index (χ1v) is 8.38. The van der Waals surface area contributed by atoms with Gasteiger partial charge in [-0.25, -0.2) is 0 Å². The van der Waals surface area contributed by atoms with Gasteiger partial charge in [0.15, 0.2) is 0 Å². The second kappa shape index (κ2) is 7.32. The van der Waals surface area contributed by atoms with Gasteiger partial charge in [0.05, 0.1) is 17.9 Å². The molecule has 2 saturated heterocycles. The number of halogens is 1. The molecule has 5 heteroatoms. The van der Waals surface area contributed by atoms with E-state index in [2.05, 4.69) is 16.3 Å². The van der Waals surface area contributed by atoms with Crippen LogP contribution in [0.3, 0.4) is 0 Å². The first-order valence-electron chi connectivity index (χ1n) is 8.01. The van der Waals surface area contributed by atoms with E-state index < -0.39 is 0 Å². The molecule has 0 radical (unpaired) electrons. The predicted molar refractivity (Wildman–Crippen MR) is 88.2 cm³/mol. The Bertz CT molecular complexity index is 543. The van der Waals surface area contributed by atoms with Crippen LogP contribution in [0.15, 0.2) is 18.2 Å². The minimum Gasteiger partial charge on any atom is -0.381 e. The van der Waals surface area contributed by atoms with Crippen LogP contribution in [-0.2, 0) is 4.74 Å². The van der Waals surface area contributed by atoms with E-state index in [0.717, 1.165) is 51.4 Å². The summed E-state index contributed by atoms with van der Waals surface area (Å²) in [6.45, 7) is 5.25. The highest BCUT2D eigenvalue weighted by Crippen LogP contribution is 2.24. The van der Waals surface area contributed by atoms with E-state index in [-0.39, 0.29) is 0 Å². The van der Waals surface area contributed by atoms with Crippen molar-refractivity contribution in [1.29, 1.82) is 5.26 Å². The molecule has 2 fully saturated rings. The molecule has 1 aromatic rings. The molecule has 3 rings (SSSR count). The molecule has 1 atom stereocenters. The van der Waals surface area contributed by atoms with Crippen molar-refractivity contribution in [2.45, 2.75) is 25.3 Å². The van der Waals surface area contributed by atoms with Crippen molar-refractivity contribution in [1.82, 2.24) is 4.90 Å². The van der Waals surface area contributed by atoms with Crippen molar-refractivity contribution in [3.63, 3.8) is 0 Å². The SMILES string of the molecule is N#Cc1cc(Cl)ccc1NC1CCN(CC2CCOC2)CC1. The molecule has 0 amide bonds. The fourth-order valence-corrected chi connectivity index (χ4v) is 3.48. The van der Waals surface area contributed by atoms with Crippen LogP contribution >= 0.6 is 11.6 Å². The Labute approximate surface area is 137 Å². The van der Waals surface area contributed by atoms with Gasteiger partial charge in [-0.2, -0.15) is 5.26 Å². The number of nitrogens with one attached hydrogen (secondary N) is 1. The Kier molecular flexibility index (Phi) is 5.20.